The Balaban J connectivity index is 1.41. The molecule has 154 valence electrons. The summed E-state index contributed by atoms with van der Waals surface area (Å²) in [5.74, 6) is 0.0645. The second kappa shape index (κ2) is 7.39. The molecule has 4 rings (SSSR count). The number of rotatable bonds is 5. The van der Waals surface area contributed by atoms with E-state index in [4.69, 9.17) is 4.74 Å². The zero-order valence-electron chi connectivity index (χ0n) is 16.1. The van der Waals surface area contributed by atoms with E-state index in [9.17, 15) is 19.5 Å². The van der Waals surface area contributed by atoms with Gasteiger partial charge in [-0.25, -0.2) is 4.79 Å². The van der Waals surface area contributed by atoms with Gasteiger partial charge in [0.15, 0.2) is 0 Å². The Labute approximate surface area is 163 Å². The second-order valence-electron chi connectivity index (χ2n) is 8.68. The smallest absolute Gasteiger partial charge is 0.328 e. The number of fused-ring (bicyclic) bond motifs is 3. The number of carbonyl (C=O) groups excluding carboxylic acids is 1. The molecule has 8 heteroatoms. The van der Waals surface area contributed by atoms with Crippen molar-refractivity contribution >= 4 is 5.91 Å². The lowest BCUT2D eigenvalue weighted by Gasteiger charge is -2.38. The Morgan fingerprint density at radius 3 is 2.64 bits per heavy atom. The predicted molar refractivity (Wildman–Crippen MR) is 103 cm³/mol. The molecule has 0 saturated heterocycles. The first-order chi connectivity index (χ1) is 13.4. The fourth-order valence-corrected chi connectivity index (χ4v) is 5.33. The minimum atomic E-state index is -0.874. The van der Waals surface area contributed by atoms with E-state index in [0.717, 1.165) is 44.9 Å². The quantitative estimate of drug-likeness (QED) is 0.605. The van der Waals surface area contributed by atoms with Gasteiger partial charge in [0.25, 0.3) is 5.56 Å². The number of aliphatic hydroxyl groups is 1. The van der Waals surface area contributed by atoms with Gasteiger partial charge in [0.05, 0.1) is 17.6 Å². The molecule has 1 amide bonds. The van der Waals surface area contributed by atoms with Crippen LogP contribution in [0.1, 0.15) is 82.1 Å². The number of amides is 1. The molecule has 2 aliphatic carbocycles. The summed E-state index contributed by atoms with van der Waals surface area (Å²) in [6, 6.07) is 0. The molecule has 0 unspecified atom stereocenters. The Hall–Kier alpha value is -2.09. The summed E-state index contributed by atoms with van der Waals surface area (Å²) >= 11 is 0. The number of H-pyrrole nitrogens is 2. The first-order valence-corrected chi connectivity index (χ1v) is 10.5. The number of carbonyl (C=O) groups is 1. The molecule has 2 fully saturated rings. The van der Waals surface area contributed by atoms with Gasteiger partial charge in [0, 0.05) is 18.9 Å². The van der Waals surface area contributed by atoms with Crippen LogP contribution >= 0.6 is 0 Å². The Morgan fingerprint density at radius 1 is 1.11 bits per heavy atom. The summed E-state index contributed by atoms with van der Waals surface area (Å²) in [5.41, 5.74) is -1.85. The maximum Gasteiger partial charge on any atom is 0.328 e. The highest BCUT2D eigenvalue weighted by Gasteiger charge is 2.51. The zero-order valence-corrected chi connectivity index (χ0v) is 16.1. The van der Waals surface area contributed by atoms with Gasteiger partial charge >= 0.3 is 5.69 Å². The van der Waals surface area contributed by atoms with E-state index in [0.29, 0.717) is 31.4 Å². The molecule has 1 aliphatic heterocycles. The van der Waals surface area contributed by atoms with Crippen LogP contribution in [0.25, 0.3) is 0 Å². The maximum absolute atomic E-state index is 12.4. The summed E-state index contributed by atoms with van der Waals surface area (Å²) in [7, 11) is 0. The molecular formula is C20H29N3O5. The number of hydrogen-bond donors (Lipinski definition) is 4. The van der Waals surface area contributed by atoms with Gasteiger partial charge in [-0.05, 0) is 32.1 Å². The molecule has 3 aliphatic rings. The van der Waals surface area contributed by atoms with Crippen molar-refractivity contribution in [2.45, 2.75) is 87.7 Å². The SMILES string of the molecule is O=C(CC1(O)CCCCC1)NCC[C@@]12CCCC[C@@H]1c1c([nH]c(=O)[nH]c1=O)O2. The lowest BCUT2D eigenvalue weighted by molar-refractivity contribution is -0.127. The Kier molecular flexibility index (Phi) is 5.07. The van der Waals surface area contributed by atoms with Gasteiger partial charge in [-0.1, -0.05) is 25.7 Å². The van der Waals surface area contributed by atoms with Crippen molar-refractivity contribution in [3.8, 4) is 5.88 Å². The van der Waals surface area contributed by atoms with Crippen molar-refractivity contribution in [1.29, 1.82) is 0 Å². The van der Waals surface area contributed by atoms with E-state index in [1.807, 2.05) is 0 Å². The van der Waals surface area contributed by atoms with Crippen molar-refractivity contribution in [2.75, 3.05) is 6.54 Å². The molecule has 8 nitrogen and oxygen atoms in total. The Morgan fingerprint density at radius 2 is 1.86 bits per heavy atom. The number of ether oxygens (including phenoxy) is 1. The van der Waals surface area contributed by atoms with E-state index in [1.54, 1.807) is 0 Å². The Bertz CT molecular complexity index is 854. The predicted octanol–water partition coefficient (Wildman–Crippen LogP) is 1.44. The topological polar surface area (TPSA) is 124 Å². The molecule has 2 saturated carbocycles. The van der Waals surface area contributed by atoms with Crippen LogP contribution < -0.4 is 21.3 Å². The summed E-state index contributed by atoms with van der Waals surface area (Å²) in [5, 5.41) is 13.5. The van der Waals surface area contributed by atoms with Crippen LogP contribution in [0.15, 0.2) is 9.59 Å². The molecule has 0 spiro atoms. The minimum Gasteiger partial charge on any atom is -0.471 e. The summed E-state index contributed by atoms with van der Waals surface area (Å²) in [6.45, 7) is 0.418. The van der Waals surface area contributed by atoms with E-state index >= 15 is 0 Å². The lowest BCUT2D eigenvalue weighted by Crippen LogP contribution is -2.45. The van der Waals surface area contributed by atoms with Gasteiger partial charge in [-0.2, -0.15) is 0 Å². The third kappa shape index (κ3) is 3.62. The molecule has 2 heterocycles. The van der Waals surface area contributed by atoms with Crippen LogP contribution in [-0.2, 0) is 4.79 Å². The average Bonchev–Trinajstić information content (AvgIpc) is 2.95. The highest BCUT2D eigenvalue weighted by molar-refractivity contribution is 5.77. The van der Waals surface area contributed by atoms with Gasteiger partial charge in [0.1, 0.15) is 5.60 Å². The highest BCUT2D eigenvalue weighted by atomic mass is 16.5. The van der Waals surface area contributed by atoms with E-state index in [1.165, 1.54) is 0 Å². The molecule has 28 heavy (non-hydrogen) atoms. The number of aromatic nitrogens is 2. The van der Waals surface area contributed by atoms with E-state index in [2.05, 4.69) is 15.3 Å². The molecule has 0 bridgehead atoms. The maximum atomic E-state index is 12.4. The first kappa shape index (κ1) is 19.2. The van der Waals surface area contributed by atoms with Gasteiger partial charge < -0.3 is 15.2 Å². The lowest BCUT2D eigenvalue weighted by atomic mass is 9.72. The third-order valence-electron chi connectivity index (χ3n) is 6.72. The van der Waals surface area contributed by atoms with Crippen LogP contribution in [-0.4, -0.2) is 38.7 Å². The normalized spacial score (nSPS) is 28.1. The largest absolute Gasteiger partial charge is 0.471 e. The molecule has 4 N–H and O–H groups in total. The van der Waals surface area contributed by atoms with E-state index < -0.39 is 16.9 Å². The monoisotopic (exact) mass is 391 g/mol. The van der Waals surface area contributed by atoms with Crippen LogP contribution in [0, 0.1) is 0 Å². The second-order valence-corrected chi connectivity index (χ2v) is 8.68. The number of nitrogens with one attached hydrogen (secondary N) is 3. The fourth-order valence-electron chi connectivity index (χ4n) is 5.33. The van der Waals surface area contributed by atoms with E-state index in [-0.39, 0.29) is 29.7 Å². The first-order valence-electron chi connectivity index (χ1n) is 10.5. The van der Waals surface area contributed by atoms with Crippen molar-refractivity contribution in [2.24, 2.45) is 0 Å². The van der Waals surface area contributed by atoms with Crippen molar-refractivity contribution < 1.29 is 14.6 Å². The highest BCUT2D eigenvalue weighted by Crippen LogP contribution is 2.51. The fraction of sp³-hybridized carbons (Fsp3) is 0.750. The van der Waals surface area contributed by atoms with Gasteiger partial charge in [0.2, 0.25) is 11.8 Å². The molecule has 0 radical (unpaired) electrons. The molecule has 1 aromatic rings. The van der Waals surface area contributed by atoms with Crippen LogP contribution in [0.5, 0.6) is 5.88 Å². The van der Waals surface area contributed by atoms with Crippen molar-refractivity contribution in [3.63, 3.8) is 0 Å². The number of aromatic amines is 2. The average molecular weight is 391 g/mol. The minimum absolute atomic E-state index is 0.0729. The standard InChI is InChI=1S/C20H29N3O5/c24-14(12-19(27)7-3-1-4-8-19)21-11-10-20-9-5-2-6-13(20)15-16(25)22-18(26)23-17(15)28-20/h13,27H,1-12H2,(H,21,24)(H2,22,23,25,26)/t13-,20+/m1/s1. The van der Waals surface area contributed by atoms with Crippen LogP contribution in [0.2, 0.25) is 0 Å². The number of hydrogen-bond acceptors (Lipinski definition) is 5. The molecule has 2 atom stereocenters. The van der Waals surface area contributed by atoms with Crippen molar-refractivity contribution in [3.05, 3.63) is 26.4 Å². The van der Waals surface area contributed by atoms with Gasteiger partial charge in [-0.3, -0.25) is 19.6 Å². The molecular weight excluding hydrogens is 362 g/mol. The summed E-state index contributed by atoms with van der Waals surface area (Å²) in [6.07, 6.45) is 8.72. The summed E-state index contributed by atoms with van der Waals surface area (Å²) < 4.78 is 6.14. The van der Waals surface area contributed by atoms with Crippen molar-refractivity contribution in [1.82, 2.24) is 15.3 Å². The molecule has 1 aromatic heterocycles. The third-order valence-corrected chi connectivity index (χ3v) is 6.72. The molecule has 0 aromatic carbocycles. The van der Waals surface area contributed by atoms with Crippen LogP contribution in [0.3, 0.4) is 0 Å². The van der Waals surface area contributed by atoms with Gasteiger partial charge in [-0.15, -0.1) is 0 Å². The summed E-state index contributed by atoms with van der Waals surface area (Å²) in [4.78, 5) is 41.2. The van der Waals surface area contributed by atoms with Crippen LogP contribution in [0.4, 0.5) is 0 Å². The zero-order chi connectivity index (χ0) is 19.8.